The third kappa shape index (κ3) is 4.83. The van der Waals surface area contributed by atoms with Crippen molar-refractivity contribution in [3.63, 3.8) is 0 Å². The maximum absolute atomic E-state index is 13.6. The maximum atomic E-state index is 13.6. The molecule has 0 saturated carbocycles. The van der Waals surface area contributed by atoms with Gasteiger partial charge >= 0.3 is 0 Å². The predicted molar refractivity (Wildman–Crippen MR) is 78.9 cm³/mol. The molecule has 2 atom stereocenters. The van der Waals surface area contributed by atoms with E-state index in [-0.39, 0.29) is 24.2 Å². The van der Waals surface area contributed by atoms with Gasteiger partial charge in [0.1, 0.15) is 17.9 Å². The van der Waals surface area contributed by atoms with Crippen LogP contribution in [0.25, 0.3) is 0 Å². The second-order valence-corrected chi connectivity index (χ2v) is 5.92. The monoisotopic (exact) mass is 292 g/mol. The first-order chi connectivity index (χ1) is 9.78. The highest BCUT2D eigenvalue weighted by atomic mass is 19.1. The van der Waals surface area contributed by atoms with Crippen LogP contribution >= 0.6 is 0 Å². The molecule has 1 aromatic carbocycles. The molecule has 0 spiro atoms. The number of nitrogens with zero attached hydrogens (tertiary/aromatic N) is 1. The van der Waals surface area contributed by atoms with Gasteiger partial charge in [-0.15, -0.1) is 0 Å². The lowest BCUT2D eigenvalue weighted by Crippen LogP contribution is -3.09. The minimum absolute atomic E-state index is 0.0123. The molecule has 114 valence electrons. The quantitative estimate of drug-likeness (QED) is 0.818. The molecule has 1 rings (SSSR count). The predicted octanol–water partition coefficient (Wildman–Crippen LogP) is 0.895. The van der Waals surface area contributed by atoms with Crippen LogP contribution < -0.4 is 10.2 Å². The van der Waals surface area contributed by atoms with Crippen LogP contribution in [0.3, 0.4) is 0 Å². The number of likely N-dealkylation sites (N-methyl/N-ethyl adjacent to an activating group) is 1. The van der Waals surface area contributed by atoms with Crippen LogP contribution in [0.2, 0.25) is 0 Å². The summed E-state index contributed by atoms with van der Waals surface area (Å²) in [5.74, 6) is -0.457. The van der Waals surface area contributed by atoms with Gasteiger partial charge in [-0.2, -0.15) is 5.26 Å². The second-order valence-electron chi connectivity index (χ2n) is 5.92. The van der Waals surface area contributed by atoms with E-state index in [1.807, 2.05) is 20.9 Å². The molecule has 0 bridgehead atoms. The van der Waals surface area contributed by atoms with Gasteiger partial charge in [-0.1, -0.05) is 32.0 Å². The molecule has 0 saturated heterocycles. The Balaban J connectivity index is 2.59. The zero-order valence-electron chi connectivity index (χ0n) is 13.0. The van der Waals surface area contributed by atoms with Crippen molar-refractivity contribution >= 4 is 5.91 Å². The Bertz CT molecular complexity index is 539. The molecule has 0 radical (unpaired) electrons. The molecule has 2 N–H and O–H groups in total. The van der Waals surface area contributed by atoms with Gasteiger partial charge in [-0.25, -0.2) is 4.39 Å². The molecule has 0 fully saturated rings. The van der Waals surface area contributed by atoms with Crippen LogP contribution in [-0.2, 0) is 11.3 Å². The van der Waals surface area contributed by atoms with E-state index < -0.39 is 5.54 Å². The molecule has 1 amide bonds. The van der Waals surface area contributed by atoms with Gasteiger partial charge in [-0.05, 0) is 18.9 Å². The number of hydrogen-bond acceptors (Lipinski definition) is 2. The Labute approximate surface area is 125 Å². The minimum atomic E-state index is -0.880. The number of hydrogen-bond donors (Lipinski definition) is 2. The Morgan fingerprint density at radius 2 is 2.10 bits per heavy atom. The van der Waals surface area contributed by atoms with Crippen molar-refractivity contribution < 1.29 is 14.1 Å². The van der Waals surface area contributed by atoms with E-state index in [0.717, 1.165) is 4.90 Å². The normalized spacial score (nSPS) is 15.1. The van der Waals surface area contributed by atoms with E-state index in [1.54, 1.807) is 25.1 Å². The molecule has 21 heavy (non-hydrogen) atoms. The average molecular weight is 292 g/mol. The molecular weight excluding hydrogens is 269 g/mol. The standard InChI is InChI=1S/C16H22FN3O/c1-12(2)16(3,11-18)19-15(21)10-20(4)9-13-7-5-6-8-14(13)17/h5-8,12H,9-10H2,1-4H3,(H,19,21)/p+1/t16-/m1/s1. The zero-order valence-corrected chi connectivity index (χ0v) is 13.0. The molecule has 5 heteroatoms. The first-order valence-electron chi connectivity index (χ1n) is 7.05. The molecule has 0 aliphatic carbocycles. The first kappa shape index (κ1) is 17.1. The topological polar surface area (TPSA) is 57.3 Å². The van der Waals surface area contributed by atoms with E-state index in [2.05, 4.69) is 11.4 Å². The summed E-state index contributed by atoms with van der Waals surface area (Å²) in [6.45, 7) is 6.10. The fourth-order valence-corrected chi connectivity index (χ4v) is 1.94. The number of benzene rings is 1. The lowest BCUT2D eigenvalue weighted by atomic mass is 9.90. The highest BCUT2D eigenvalue weighted by molar-refractivity contribution is 5.78. The molecular formula is C16H23FN3O+. The van der Waals surface area contributed by atoms with E-state index in [9.17, 15) is 14.4 Å². The van der Waals surface area contributed by atoms with Crippen LogP contribution in [0.5, 0.6) is 0 Å². The van der Waals surface area contributed by atoms with Crippen molar-refractivity contribution in [2.75, 3.05) is 13.6 Å². The molecule has 4 nitrogen and oxygen atoms in total. The summed E-state index contributed by atoms with van der Waals surface area (Å²) < 4.78 is 13.6. The third-order valence-electron chi connectivity index (χ3n) is 3.70. The molecule has 0 aromatic heterocycles. The fraction of sp³-hybridized carbons (Fsp3) is 0.500. The summed E-state index contributed by atoms with van der Waals surface area (Å²) in [5, 5.41) is 11.9. The largest absolute Gasteiger partial charge is 0.333 e. The Morgan fingerprint density at radius 3 is 2.62 bits per heavy atom. The Kier molecular flexibility index (Phi) is 5.86. The molecule has 0 aliphatic rings. The maximum Gasteiger partial charge on any atom is 0.276 e. The van der Waals surface area contributed by atoms with Crippen LogP contribution in [0.1, 0.15) is 26.3 Å². The summed E-state index contributed by atoms with van der Waals surface area (Å²) in [6, 6.07) is 8.68. The number of nitrogens with one attached hydrogen (secondary N) is 2. The van der Waals surface area contributed by atoms with Crippen molar-refractivity contribution in [3.8, 4) is 6.07 Å². The van der Waals surface area contributed by atoms with E-state index in [4.69, 9.17) is 0 Å². The minimum Gasteiger partial charge on any atom is -0.333 e. The highest BCUT2D eigenvalue weighted by Crippen LogP contribution is 2.14. The molecule has 0 aliphatic heterocycles. The first-order valence-corrected chi connectivity index (χ1v) is 7.05. The lowest BCUT2D eigenvalue weighted by Gasteiger charge is -2.27. The number of amides is 1. The van der Waals surface area contributed by atoms with Crippen LogP contribution in [0, 0.1) is 23.1 Å². The van der Waals surface area contributed by atoms with Gasteiger partial charge in [-0.3, -0.25) is 4.79 Å². The van der Waals surface area contributed by atoms with Crippen LogP contribution in [-0.4, -0.2) is 25.0 Å². The van der Waals surface area contributed by atoms with Gasteiger partial charge in [0.15, 0.2) is 6.54 Å². The van der Waals surface area contributed by atoms with Gasteiger partial charge in [0.05, 0.1) is 13.1 Å². The summed E-state index contributed by atoms with van der Waals surface area (Å²) in [7, 11) is 1.82. The number of rotatable bonds is 6. The number of nitriles is 1. The van der Waals surface area contributed by atoms with Crippen molar-refractivity contribution in [1.29, 1.82) is 5.26 Å². The van der Waals surface area contributed by atoms with E-state index in [0.29, 0.717) is 12.1 Å². The summed E-state index contributed by atoms with van der Waals surface area (Å²) >= 11 is 0. The highest BCUT2D eigenvalue weighted by Gasteiger charge is 2.30. The van der Waals surface area contributed by atoms with Crippen LogP contribution in [0.4, 0.5) is 4.39 Å². The molecule has 1 unspecified atom stereocenters. The Morgan fingerprint density at radius 1 is 1.48 bits per heavy atom. The second kappa shape index (κ2) is 7.19. The number of quaternary nitrogens is 1. The van der Waals surface area contributed by atoms with E-state index >= 15 is 0 Å². The van der Waals surface area contributed by atoms with Gasteiger partial charge in [0.2, 0.25) is 0 Å². The van der Waals surface area contributed by atoms with Gasteiger partial charge in [0.25, 0.3) is 5.91 Å². The summed E-state index contributed by atoms with van der Waals surface area (Å²) in [6.07, 6.45) is 0. The Hall–Kier alpha value is -1.93. The van der Waals surface area contributed by atoms with Crippen molar-refractivity contribution in [1.82, 2.24) is 5.32 Å². The lowest BCUT2D eigenvalue weighted by molar-refractivity contribution is -0.885. The van der Waals surface area contributed by atoms with Crippen molar-refractivity contribution in [3.05, 3.63) is 35.6 Å². The number of carbonyl (C=O) groups excluding carboxylic acids is 1. The van der Waals surface area contributed by atoms with Crippen molar-refractivity contribution in [2.24, 2.45) is 5.92 Å². The van der Waals surface area contributed by atoms with E-state index in [1.165, 1.54) is 6.07 Å². The third-order valence-corrected chi connectivity index (χ3v) is 3.70. The smallest absolute Gasteiger partial charge is 0.276 e. The SMILES string of the molecule is CC(C)[C@@](C)(C#N)NC(=O)C[NH+](C)Cc1ccccc1F. The summed E-state index contributed by atoms with van der Waals surface area (Å²) in [4.78, 5) is 12.9. The summed E-state index contributed by atoms with van der Waals surface area (Å²) in [5.41, 5.74) is -0.301. The van der Waals surface area contributed by atoms with Crippen molar-refractivity contribution in [2.45, 2.75) is 32.9 Å². The molecule has 1 aromatic rings. The fourth-order valence-electron chi connectivity index (χ4n) is 1.94. The average Bonchev–Trinajstić information content (AvgIpc) is 2.40. The molecule has 0 heterocycles. The number of halogens is 1. The zero-order chi connectivity index (χ0) is 16.0. The van der Waals surface area contributed by atoms with Gasteiger partial charge < -0.3 is 10.2 Å². The van der Waals surface area contributed by atoms with Crippen LogP contribution in [0.15, 0.2) is 24.3 Å². The van der Waals surface area contributed by atoms with Gasteiger partial charge in [0, 0.05) is 5.56 Å². The number of carbonyl (C=O) groups is 1.